The van der Waals surface area contributed by atoms with Gasteiger partial charge in [-0.15, -0.1) is 0 Å². The maximum absolute atomic E-state index is 10.3. The summed E-state index contributed by atoms with van der Waals surface area (Å²) in [4.78, 5) is 0. The second kappa shape index (κ2) is 11.9. The molecule has 2 heteroatoms. The lowest BCUT2D eigenvalue weighted by Crippen LogP contribution is -2.32. The van der Waals surface area contributed by atoms with Gasteiger partial charge in [-0.05, 0) is 82.0 Å². The summed E-state index contributed by atoms with van der Waals surface area (Å²) in [5, 5.41) is 20.0. The van der Waals surface area contributed by atoms with Crippen LogP contribution in [0.15, 0.2) is 23.3 Å². The number of hydrogen-bond acceptors (Lipinski definition) is 2. The molecule has 174 valence electrons. The number of unbranched alkanes of at least 4 members (excludes halogenated alkanes) is 1. The fourth-order valence-electron chi connectivity index (χ4n) is 6.48. The quantitative estimate of drug-likeness (QED) is 0.362. The minimum Gasteiger partial charge on any atom is -0.393 e. The molecule has 0 heterocycles. The van der Waals surface area contributed by atoms with Gasteiger partial charge in [-0.1, -0.05) is 76.7 Å². The molecule has 0 aromatic carbocycles. The van der Waals surface area contributed by atoms with Gasteiger partial charge in [-0.2, -0.15) is 0 Å². The lowest BCUT2D eigenvalue weighted by molar-refractivity contribution is 0.0320. The zero-order valence-corrected chi connectivity index (χ0v) is 20.8. The van der Waals surface area contributed by atoms with E-state index in [0.29, 0.717) is 11.8 Å². The van der Waals surface area contributed by atoms with Gasteiger partial charge in [0.2, 0.25) is 0 Å². The maximum atomic E-state index is 10.3. The SMILES string of the molecule is CCCC[C@H](C)C1CCC2/C(=C/C/C=C(/C)C[C@@H](O)[C@H](C)[C@@H](C)O)CCCC[C@@]21C. The first kappa shape index (κ1) is 25.7. The van der Waals surface area contributed by atoms with Crippen LogP contribution in [0.3, 0.4) is 0 Å². The van der Waals surface area contributed by atoms with Crippen LogP contribution in [0.1, 0.15) is 112 Å². The van der Waals surface area contributed by atoms with Crippen molar-refractivity contribution in [1.29, 1.82) is 0 Å². The van der Waals surface area contributed by atoms with Crippen LogP contribution in [-0.2, 0) is 0 Å². The Hall–Kier alpha value is -0.600. The average Bonchev–Trinajstić information content (AvgIpc) is 2.95. The fraction of sp³-hybridized carbons (Fsp3) is 0.857. The minimum absolute atomic E-state index is 0.0839. The summed E-state index contributed by atoms with van der Waals surface area (Å²) < 4.78 is 0. The molecule has 2 unspecified atom stereocenters. The lowest BCUT2D eigenvalue weighted by Gasteiger charge is -2.40. The Morgan fingerprint density at radius 1 is 1.17 bits per heavy atom. The molecule has 0 bridgehead atoms. The molecule has 2 nitrogen and oxygen atoms in total. The molecule has 0 saturated heterocycles. The highest BCUT2D eigenvalue weighted by molar-refractivity contribution is 5.19. The summed E-state index contributed by atoms with van der Waals surface area (Å²) in [6, 6.07) is 0. The zero-order chi connectivity index (χ0) is 22.3. The van der Waals surface area contributed by atoms with Crippen LogP contribution < -0.4 is 0 Å². The molecule has 30 heavy (non-hydrogen) atoms. The first-order chi connectivity index (χ1) is 14.2. The van der Waals surface area contributed by atoms with Crippen molar-refractivity contribution >= 4 is 0 Å². The Morgan fingerprint density at radius 2 is 1.90 bits per heavy atom. The van der Waals surface area contributed by atoms with Crippen LogP contribution >= 0.6 is 0 Å². The van der Waals surface area contributed by atoms with E-state index in [4.69, 9.17) is 0 Å². The number of rotatable bonds is 10. The van der Waals surface area contributed by atoms with E-state index in [9.17, 15) is 10.2 Å². The van der Waals surface area contributed by atoms with Crippen molar-refractivity contribution in [2.24, 2.45) is 29.1 Å². The zero-order valence-electron chi connectivity index (χ0n) is 20.8. The van der Waals surface area contributed by atoms with Gasteiger partial charge in [0.1, 0.15) is 0 Å². The molecule has 2 aliphatic rings. The van der Waals surface area contributed by atoms with E-state index in [1.54, 1.807) is 12.5 Å². The molecule has 2 fully saturated rings. The summed E-state index contributed by atoms with van der Waals surface area (Å²) in [6.07, 6.45) is 17.9. The summed E-state index contributed by atoms with van der Waals surface area (Å²) in [7, 11) is 0. The molecule has 2 N–H and O–H groups in total. The third kappa shape index (κ3) is 6.45. The second-order valence-corrected chi connectivity index (χ2v) is 11.0. The van der Waals surface area contributed by atoms with Gasteiger partial charge in [0.25, 0.3) is 0 Å². The number of fused-ring (bicyclic) bond motifs is 1. The molecular weight excluding hydrogens is 368 g/mol. The highest BCUT2D eigenvalue weighted by Gasteiger charge is 2.49. The van der Waals surface area contributed by atoms with E-state index in [1.807, 2.05) is 6.92 Å². The average molecular weight is 419 g/mol. The largest absolute Gasteiger partial charge is 0.393 e. The highest BCUT2D eigenvalue weighted by Crippen LogP contribution is 2.58. The van der Waals surface area contributed by atoms with Gasteiger partial charge in [0.15, 0.2) is 0 Å². The Bertz CT molecular complexity index is 575. The van der Waals surface area contributed by atoms with Crippen molar-refractivity contribution in [3.05, 3.63) is 23.3 Å². The summed E-state index contributed by atoms with van der Waals surface area (Å²) >= 11 is 0. The van der Waals surface area contributed by atoms with Gasteiger partial charge < -0.3 is 10.2 Å². The van der Waals surface area contributed by atoms with Crippen molar-refractivity contribution in [3.63, 3.8) is 0 Å². The number of hydrogen-bond donors (Lipinski definition) is 2. The van der Waals surface area contributed by atoms with E-state index in [2.05, 4.69) is 39.8 Å². The van der Waals surface area contributed by atoms with Crippen LogP contribution in [0.25, 0.3) is 0 Å². The molecule has 0 radical (unpaired) electrons. The van der Waals surface area contributed by atoms with E-state index in [-0.39, 0.29) is 5.92 Å². The van der Waals surface area contributed by atoms with Crippen molar-refractivity contribution < 1.29 is 10.2 Å². The Morgan fingerprint density at radius 3 is 2.57 bits per heavy atom. The minimum atomic E-state index is -0.464. The van der Waals surface area contributed by atoms with Crippen molar-refractivity contribution in [2.75, 3.05) is 0 Å². The molecule has 0 aromatic heterocycles. The van der Waals surface area contributed by atoms with Gasteiger partial charge in [0.05, 0.1) is 12.2 Å². The Labute approximate surface area is 187 Å². The van der Waals surface area contributed by atoms with Crippen molar-refractivity contribution in [2.45, 2.75) is 124 Å². The monoisotopic (exact) mass is 418 g/mol. The van der Waals surface area contributed by atoms with E-state index < -0.39 is 12.2 Å². The van der Waals surface area contributed by atoms with Crippen LogP contribution in [0, 0.1) is 29.1 Å². The van der Waals surface area contributed by atoms with Crippen molar-refractivity contribution in [3.8, 4) is 0 Å². The van der Waals surface area contributed by atoms with Gasteiger partial charge in [-0.25, -0.2) is 0 Å². The second-order valence-electron chi connectivity index (χ2n) is 11.0. The van der Waals surface area contributed by atoms with Crippen LogP contribution in [0.4, 0.5) is 0 Å². The lowest BCUT2D eigenvalue weighted by atomic mass is 9.65. The number of aliphatic hydroxyl groups is 2. The normalized spacial score (nSPS) is 33.1. The predicted octanol–water partition coefficient (Wildman–Crippen LogP) is 7.45. The highest BCUT2D eigenvalue weighted by atomic mass is 16.3. The molecule has 2 aliphatic carbocycles. The van der Waals surface area contributed by atoms with Gasteiger partial charge in [0, 0.05) is 5.92 Å². The fourth-order valence-corrected chi connectivity index (χ4v) is 6.48. The van der Waals surface area contributed by atoms with Crippen molar-refractivity contribution in [1.82, 2.24) is 0 Å². The first-order valence-corrected chi connectivity index (χ1v) is 12.9. The molecule has 0 amide bonds. The number of aliphatic hydroxyl groups excluding tert-OH is 2. The van der Waals surface area contributed by atoms with E-state index in [0.717, 1.165) is 24.2 Å². The summed E-state index contributed by atoms with van der Waals surface area (Å²) in [5.41, 5.74) is 3.46. The Balaban J connectivity index is 2.04. The topological polar surface area (TPSA) is 40.5 Å². The molecule has 0 aliphatic heterocycles. The molecule has 2 saturated carbocycles. The standard InChI is InChI=1S/C28H50O2/c1-7-8-13-21(3)25-16-17-26-24(14-9-10-18-28(25,26)6)15-11-12-20(2)19-27(30)22(4)23(5)29/h12,15,21-23,25-27,29-30H,7-11,13-14,16-19H2,1-6H3/b20-12-,24-15+/t21-,22+,23+,25?,26?,27+,28+/m0/s1. The summed E-state index contributed by atoms with van der Waals surface area (Å²) in [6.45, 7) is 13.3. The van der Waals surface area contributed by atoms with Gasteiger partial charge >= 0.3 is 0 Å². The number of allylic oxidation sites excluding steroid dienone is 3. The maximum Gasteiger partial charge on any atom is 0.0627 e. The molecule has 2 rings (SSSR count). The first-order valence-electron chi connectivity index (χ1n) is 12.9. The van der Waals surface area contributed by atoms with Gasteiger partial charge in [-0.3, -0.25) is 0 Å². The summed E-state index contributed by atoms with van der Waals surface area (Å²) in [5.74, 6) is 2.45. The third-order valence-electron chi connectivity index (χ3n) is 8.73. The molecule has 0 aromatic rings. The van der Waals surface area contributed by atoms with Crippen LogP contribution in [0.5, 0.6) is 0 Å². The Kier molecular flexibility index (Phi) is 10.1. The van der Waals surface area contributed by atoms with E-state index in [1.165, 1.54) is 63.4 Å². The third-order valence-corrected chi connectivity index (χ3v) is 8.73. The van der Waals surface area contributed by atoms with E-state index >= 15 is 0 Å². The van der Waals surface area contributed by atoms with Crippen LogP contribution in [0.2, 0.25) is 0 Å². The van der Waals surface area contributed by atoms with Crippen LogP contribution in [-0.4, -0.2) is 22.4 Å². The smallest absolute Gasteiger partial charge is 0.0627 e. The predicted molar refractivity (Wildman–Crippen MR) is 129 cm³/mol. The molecular formula is C28H50O2. The molecule has 0 spiro atoms. The molecule has 7 atom stereocenters.